The molecule has 1 aliphatic rings. The van der Waals surface area contributed by atoms with Crippen LogP contribution in [0.2, 0.25) is 0 Å². The number of benzene rings is 1. The number of oxime groups is 1. The lowest BCUT2D eigenvalue weighted by molar-refractivity contribution is 0.0916. The molecule has 1 atom stereocenters. The summed E-state index contributed by atoms with van der Waals surface area (Å²) < 4.78 is 1.79. The Labute approximate surface area is 186 Å². The van der Waals surface area contributed by atoms with E-state index in [1.807, 2.05) is 37.3 Å². The minimum Gasteiger partial charge on any atom is -0.411 e. The molecule has 0 unspecified atom stereocenters. The molecule has 32 heavy (non-hydrogen) atoms. The lowest BCUT2D eigenvalue weighted by Gasteiger charge is -2.26. The minimum atomic E-state index is -0.524. The molecule has 3 aromatic rings. The first-order valence-electron chi connectivity index (χ1n) is 10.9. The summed E-state index contributed by atoms with van der Waals surface area (Å²) in [7, 11) is 0. The number of aryl methyl sites for hydroxylation is 1. The molecule has 4 rings (SSSR count). The first kappa shape index (κ1) is 21.8. The molecular weight excluding hydrogens is 408 g/mol. The quantitative estimate of drug-likeness (QED) is 0.333. The van der Waals surface area contributed by atoms with E-state index < -0.39 is 6.04 Å². The molecule has 0 radical (unpaired) electrons. The largest absolute Gasteiger partial charge is 0.411 e. The highest BCUT2D eigenvalue weighted by molar-refractivity contribution is 6.06. The number of fused-ring (bicyclic) bond motifs is 1. The molecule has 9 nitrogen and oxygen atoms in total. The maximum absolute atomic E-state index is 13.3. The van der Waals surface area contributed by atoms with Crippen molar-refractivity contribution in [1.29, 1.82) is 0 Å². The van der Waals surface area contributed by atoms with Gasteiger partial charge in [-0.1, -0.05) is 35.5 Å². The lowest BCUT2D eigenvalue weighted by Crippen LogP contribution is -2.32. The van der Waals surface area contributed by atoms with Gasteiger partial charge in [0.15, 0.2) is 5.65 Å². The molecule has 1 amide bonds. The first-order valence-corrected chi connectivity index (χ1v) is 10.9. The summed E-state index contributed by atoms with van der Waals surface area (Å²) >= 11 is 0. The molecule has 4 N–H and O–H groups in total. The van der Waals surface area contributed by atoms with Crippen molar-refractivity contribution in [3.05, 3.63) is 53.9 Å². The molecule has 0 aliphatic heterocycles. The molecule has 9 heteroatoms. The van der Waals surface area contributed by atoms with Crippen LogP contribution in [0.3, 0.4) is 0 Å². The number of hydrogen-bond acceptors (Lipinski definition) is 7. The number of hydrogen-bond donors (Lipinski definition) is 4. The van der Waals surface area contributed by atoms with E-state index >= 15 is 0 Å². The summed E-state index contributed by atoms with van der Waals surface area (Å²) in [5, 5.41) is 33.9. The standard InChI is InChI=1S/C23H28N6O3/c1-2-29-22-18(13-25-29)21(26-16-8-10-17(28-32)11-9-16)19(12-24-22)23(31)27-20(14-30)15-6-4-3-5-7-15/h3-7,12-13,16,20,30,32H,2,8-11,14H2,1H3,(H,24,26)(H,27,31)/t16?,20-/m0/s1. The molecule has 0 bridgehead atoms. The van der Waals surface area contributed by atoms with E-state index in [1.54, 1.807) is 17.1 Å². The summed E-state index contributed by atoms with van der Waals surface area (Å²) in [6.45, 7) is 2.44. The Bertz CT molecular complexity index is 1100. The number of aliphatic hydroxyl groups excluding tert-OH is 1. The van der Waals surface area contributed by atoms with Crippen molar-refractivity contribution in [1.82, 2.24) is 20.1 Å². The smallest absolute Gasteiger partial charge is 0.255 e. The van der Waals surface area contributed by atoms with Gasteiger partial charge < -0.3 is 20.9 Å². The van der Waals surface area contributed by atoms with Crippen molar-refractivity contribution in [3.63, 3.8) is 0 Å². The summed E-state index contributed by atoms with van der Waals surface area (Å²) in [4.78, 5) is 17.8. The second-order valence-corrected chi connectivity index (χ2v) is 7.95. The highest BCUT2D eigenvalue weighted by Crippen LogP contribution is 2.30. The van der Waals surface area contributed by atoms with Gasteiger partial charge in [0.2, 0.25) is 0 Å². The van der Waals surface area contributed by atoms with Crippen molar-refractivity contribution in [2.75, 3.05) is 11.9 Å². The van der Waals surface area contributed by atoms with Crippen LogP contribution in [-0.2, 0) is 6.54 Å². The zero-order valence-corrected chi connectivity index (χ0v) is 18.0. The van der Waals surface area contributed by atoms with Gasteiger partial charge in [-0.25, -0.2) is 9.67 Å². The summed E-state index contributed by atoms with van der Waals surface area (Å²) in [6.07, 6.45) is 6.31. The van der Waals surface area contributed by atoms with Crippen molar-refractivity contribution >= 4 is 28.3 Å². The van der Waals surface area contributed by atoms with E-state index in [-0.39, 0.29) is 18.6 Å². The number of carbonyl (C=O) groups excluding carboxylic acids is 1. The van der Waals surface area contributed by atoms with Gasteiger partial charge in [0.05, 0.1) is 41.2 Å². The third-order valence-electron chi connectivity index (χ3n) is 5.95. The van der Waals surface area contributed by atoms with E-state index in [0.717, 1.165) is 29.5 Å². The predicted molar refractivity (Wildman–Crippen MR) is 122 cm³/mol. The Hall–Kier alpha value is -3.46. The van der Waals surface area contributed by atoms with Gasteiger partial charge in [-0.3, -0.25) is 4.79 Å². The van der Waals surface area contributed by atoms with E-state index in [0.29, 0.717) is 36.3 Å². The van der Waals surface area contributed by atoms with Gasteiger partial charge >= 0.3 is 0 Å². The molecule has 1 saturated carbocycles. The molecule has 2 aromatic heterocycles. The van der Waals surface area contributed by atoms with Gasteiger partial charge in [0, 0.05) is 18.8 Å². The van der Waals surface area contributed by atoms with Crippen molar-refractivity contribution in [3.8, 4) is 0 Å². The molecule has 2 heterocycles. The van der Waals surface area contributed by atoms with Crippen LogP contribution in [0.15, 0.2) is 47.9 Å². The average molecular weight is 437 g/mol. The number of anilines is 1. The first-order chi connectivity index (χ1) is 15.6. The van der Waals surface area contributed by atoms with Crippen LogP contribution in [0.4, 0.5) is 5.69 Å². The Morgan fingerprint density at radius 3 is 2.66 bits per heavy atom. The Balaban J connectivity index is 1.65. The second kappa shape index (κ2) is 9.78. The van der Waals surface area contributed by atoms with E-state index in [1.165, 1.54) is 0 Å². The Morgan fingerprint density at radius 2 is 2.00 bits per heavy atom. The monoisotopic (exact) mass is 436 g/mol. The van der Waals surface area contributed by atoms with Gasteiger partial charge in [0.1, 0.15) is 0 Å². The highest BCUT2D eigenvalue weighted by atomic mass is 16.4. The van der Waals surface area contributed by atoms with Gasteiger partial charge in [-0.2, -0.15) is 5.10 Å². The molecule has 1 fully saturated rings. The fourth-order valence-corrected chi connectivity index (χ4v) is 4.14. The molecule has 1 aromatic carbocycles. The maximum Gasteiger partial charge on any atom is 0.255 e. The van der Waals surface area contributed by atoms with Crippen LogP contribution in [0.25, 0.3) is 11.0 Å². The Morgan fingerprint density at radius 1 is 1.25 bits per heavy atom. The molecular formula is C23H28N6O3. The Kier molecular flexibility index (Phi) is 6.65. The maximum atomic E-state index is 13.3. The molecule has 0 spiro atoms. The minimum absolute atomic E-state index is 0.130. The van der Waals surface area contributed by atoms with E-state index in [2.05, 4.69) is 25.9 Å². The van der Waals surface area contributed by atoms with Crippen LogP contribution in [0.1, 0.15) is 54.6 Å². The second-order valence-electron chi connectivity index (χ2n) is 7.95. The number of rotatable bonds is 7. The van der Waals surface area contributed by atoms with Crippen LogP contribution >= 0.6 is 0 Å². The summed E-state index contributed by atoms with van der Waals surface area (Å²) in [6, 6.07) is 8.98. The van der Waals surface area contributed by atoms with E-state index in [9.17, 15) is 9.90 Å². The summed E-state index contributed by atoms with van der Waals surface area (Å²) in [5.41, 5.74) is 3.43. The zero-order chi connectivity index (χ0) is 22.5. The van der Waals surface area contributed by atoms with E-state index in [4.69, 9.17) is 5.21 Å². The highest BCUT2D eigenvalue weighted by Gasteiger charge is 2.24. The molecule has 1 aliphatic carbocycles. The fraction of sp³-hybridized carbons (Fsp3) is 0.391. The average Bonchev–Trinajstić information content (AvgIpc) is 3.27. The van der Waals surface area contributed by atoms with Gasteiger partial charge in [-0.05, 0) is 38.2 Å². The number of pyridine rings is 1. The fourth-order valence-electron chi connectivity index (χ4n) is 4.14. The predicted octanol–water partition coefficient (Wildman–Crippen LogP) is 3.10. The van der Waals surface area contributed by atoms with Crippen molar-refractivity contribution in [2.45, 2.75) is 51.2 Å². The number of carbonyl (C=O) groups is 1. The molecule has 0 saturated heterocycles. The number of aromatic nitrogens is 3. The van der Waals surface area contributed by atoms with Crippen LogP contribution in [-0.4, -0.2) is 49.3 Å². The van der Waals surface area contributed by atoms with Gasteiger partial charge in [-0.15, -0.1) is 0 Å². The van der Waals surface area contributed by atoms with Crippen molar-refractivity contribution < 1.29 is 15.1 Å². The SMILES string of the molecule is CCn1ncc2c(NC3CCC(=NO)CC3)c(C(=O)N[C@@H](CO)c3ccccc3)cnc21. The normalized spacial score (nSPS) is 17.2. The zero-order valence-electron chi connectivity index (χ0n) is 18.0. The van der Waals surface area contributed by atoms with Gasteiger partial charge in [0.25, 0.3) is 5.91 Å². The number of nitrogens with zero attached hydrogens (tertiary/aromatic N) is 4. The lowest BCUT2D eigenvalue weighted by atomic mass is 9.93. The third kappa shape index (κ3) is 4.43. The number of aliphatic hydroxyl groups is 1. The number of nitrogens with one attached hydrogen (secondary N) is 2. The molecule has 168 valence electrons. The summed E-state index contributed by atoms with van der Waals surface area (Å²) in [5.74, 6) is -0.317. The third-order valence-corrected chi connectivity index (χ3v) is 5.95. The van der Waals surface area contributed by atoms with Crippen LogP contribution in [0, 0.1) is 0 Å². The van der Waals surface area contributed by atoms with Crippen molar-refractivity contribution in [2.24, 2.45) is 5.16 Å². The number of amides is 1. The van der Waals surface area contributed by atoms with Crippen LogP contribution in [0.5, 0.6) is 0 Å². The van der Waals surface area contributed by atoms with Crippen LogP contribution < -0.4 is 10.6 Å². The topological polar surface area (TPSA) is 125 Å².